The number of rotatable bonds is 3. The van der Waals surface area contributed by atoms with E-state index in [0.29, 0.717) is 6.07 Å². The maximum absolute atomic E-state index is 13.5. The lowest BCUT2D eigenvalue weighted by atomic mass is 10.1. The van der Waals surface area contributed by atoms with Gasteiger partial charge < -0.3 is 11.1 Å². The number of hydrogen-bond donors (Lipinski definition) is 3. The fourth-order valence-electron chi connectivity index (χ4n) is 1.40. The van der Waals surface area contributed by atoms with Crippen molar-refractivity contribution in [2.24, 2.45) is 5.73 Å². The van der Waals surface area contributed by atoms with Gasteiger partial charge in [-0.2, -0.15) is 5.10 Å². The number of hydrogen-bond acceptors (Lipinski definition) is 3. The summed E-state index contributed by atoms with van der Waals surface area (Å²) in [6.45, 7) is 0. The molecule has 98 valence electrons. The van der Waals surface area contributed by atoms with Crippen molar-refractivity contribution in [3.63, 3.8) is 0 Å². The number of H-pyrrole nitrogens is 1. The fraction of sp³-hybridized carbons (Fsp3) is 0. The topological polar surface area (TPSA) is 101 Å². The number of primary amides is 1. The van der Waals surface area contributed by atoms with Crippen molar-refractivity contribution >= 4 is 17.5 Å². The zero-order valence-electron chi connectivity index (χ0n) is 9.41. The molecule has 0 saturated heterocycles. The summed E-state index contributed by atoms with van der Waals surface area (Å²) in [5.74, 6) is -3.82. The molecule has 0 bridgehead atoms. The van der Waals surface area contributed by atoms with Gasteiger partial charge >= 0.3 is 0 Å². The van der Waals surface area contributed by atoms with Gasteiger partial charge in [-0.25, -0.2) is 8.78 Å². The van der Waals surface area contributed by atoms with Crippen LogP contribution in [0, 0.1) is 11.6 Å². The predicted octanol–water partition coefficient (Wildman–Crippen LogP) is 1.04. The highest BCUT2D eigenvalue weighted by atomic mass is 19.1. The van der Waals surface area contributed by atoms with Gasteiger partial charge in [-0.05, 0) is 6.07 Å². The standard InChI is InChI=1S/C11H8F2N4O2/c12-7-2-8(13)9(1-6(7)10(14)18)17-11(19)5-3-15-16-4-5/h1-4H,(H2,14,18)(H,15,16)(H,17,19). The maximum atomic E-state index is 13.5. The van der Waals surface area contributed by atoms with E-state index in [0.717, 1.165) is 6.07 Å². The Morgan fingerprint density at radius 2 is 2.00 bits per heavy atom. The number of benzene rings is 1. The van der Waals surface area contributed by atoms with Gasteiger partial charge in [-0.1, -0.05) is 0 Å². The zero-order valence-corrected chi connectivity index (χ0v) is 9.41. The van der Waals surface area contributed by atoms with Gasteiger partial charge in [0.05, 0.1) is 23.0 Å². The van der Waals surface area contributed by atoms with E-state index in [1.807, 2.05) is 0 Å². The average Bonchev–Trinajstić information content (AvgIpc) is 2.85. The summed E-state index contributed by atoms with van der Waals surface area (Å²) >= 11 is 0. The first-order chi connectivity index (χ1) is 8.99. The first-order valence-corrected chi connectivity index (χ1v) is 5.08. The Morgan fingerprint density at radius 3 is 2.58 bits per heavy atom. The van der Waals surface area contributed by atoms with E-state index in [4.69, 9.17) is 5.73 Å². The second kappa shape index (κ2) is 4.84. The molecule has 1 aromatic heterocycles. The normalized spacial score (nSPS) is 10.2. The second-order valence-electron chi connectivity index (χ2n) is 3.62. The molecule has 19 heavy (non-hydrogen) atoms. The zero-order chi connectivity index (χ0) is 14.0. The van der Waals surface area contributed by atoms with Crippen LogP contribution in [-0.4, -0.2) is 22.0 Å². The molecule has 2 aromatic rings. The lowest BCUT2D eigenvalue weighted by Gasteiger charge is -2.07. The van der Waals surface area contributed by atoms with Gasteiger partial charge in [0.15, 0.2) is 0 Å². The van der Waals surface area contributed by atoms with E-state index in [9.17, 15) is 18.4 Å². The first kappa shape index (κ1) is 12.7. The van der Waals surface area contributed by atoms with Crippen LogP contribution in [0.3, 0.4) is 0 Å². The number of anilines is 1. The van der Waals surface area contributed by atoms with Crippen molar-refractivity contribution in [3.8, 4) is 0 Å². The molecule has 0 fully saturated rings. The third-order valence-corrected chi connectivity index (χ3v) is 2.33. The second-order valence-corrected chi connectivity index (χ2v) is 3.62. The highest BCUT2D eigenvalue weighted by Crippen LogP contribution is 2.20. The number of aromatic nitrogens is 2. The Hall–Kier alpha value is -2.77. The number of nitrogens with zero attached hydrogens (tertiary/aromatic N) is 1. The van der Waals surface area contributed by atoms with Crippen LogP contribution in [0.4, 0.5) is 14.5 Å². The molecular weight excluding hydrogens is 258 g/mol. The fourth-order valence-corrected chi connectivity index (χ4v) is 1.40. The van der Waals surface area contributed by atoms with Gasteiger partial charge in [0.2, 0.25) is 0 Å². The largest absolute Gasteiger partial charge is 0.366 e. The minimum atomic E-state index is -1.09. The van der Waals surface area contributed by atoms with Crippen molar-refractivity contribution in [1.82, 2.24) is 10.2 Å². The molecule has 2 rings (SSSR count). The molecule has 0 spiro atoms. The van der Waals surface area contributed by atoms with Crippen molar-refractivity contribution in [2.45, 2.75) is 0 Å². The first-order valence-electron chi connectivity index (χ1n) is 5.08. The van der Waals surface area contributed by atoms with Gasteiger partial charge in [0, 0.05) is 12.3 Å². The van der Waals surface area contributed by atoms with E-state index in [1.165, 1.54) is 12.4 Å². The van der Waals surface area contributed by atoms with Gasteiger partial charge in [-0.3, -0.25) is 14.7 Å². The highest BCUT2D eigenvalue weighted by Gasteiger charge is 2.16. The maximum Gasteiger partial charge on any atom is 0.258 e. The molecule has 2 amide bonds. The lowest BCUT2D eigenvalue weighted by molar-refractivity contribution is 0.0992. The molecule has 1 aromatic carbocycles. The van der Waals surface area contributed by atoms with Gasteiger partial charge in [0.1, 0.15) is 11.6 Å². The lowest BCUT2D eigenvalue weighted by Crippen LogP contribution is -2.17. The SMILES string of the molecule is NC(=O)c1cc(NC(=O)c2cn[nH]c2)c(F)cc1F. The summed E-state index contributed by atoms with van der Waals surface area (Å²) in [5.41, 5.74) is 4.23. The molecule has 1 heterocycles. The number of nitrogens with one attached hydrogen (secondary N) is 2. The smallest absolute Gasteiger partial charge is 0.258 e. The highest BCUT2D eigenvalue weighted by molar-refractivity contribution is 6.04. The van der Waals surface area contributed by atoms with E-state index < -0.39 is 29.0 Å². The monoisotopic (exact) mass is 266 g/mol. The van der Waals surface area contributed by atoms with Crippen molar-refractivity contribution in [3.05, 3.63) is 47.3 Å². The third kappa shape index (κ3) is 2.57. The molecule has 4 N–H and O–H groups in total. The van der Waals surface area contributed by atoms with Crippen molar-refractivity contribution in [2.75, 3.05) is 5.32 Å². The minimum absolute atomic E-state index is 0.157. The molecule has 0 aliphatic rings. The van der Waals surface area contributed by atoms with Crippen LogP contribution in [-0.2, 0) is 0 Å². The molecule has 0 radical (unpaired) electrons. The molecule has 8 heteroatoms. The predicted molar refractivity (Wildman–Crippen MR) is 61.4 cm³/mol. The Morgan fingerprint density at radius 1 is 1.26 bits per heavy atom. The molecule has 0 aliphatic heterocycles. The molecule has 0 aliphatic carbocycles. The van der Waals surface area contributed by atoms with E-state index in [1.54, 1.807) is 0 Å². The van der Waals surface area contributed by atoms with E-state index in [2.05, 4.69) is 15.5 Å². The average molecular weight is 266 g/mol. The summed E-state index contributed by atoms with van der Waals surface area (Å²) in [5, 5.41) is 8.15. The number of carbonyl (C=O) groups excluding carboxylic acids is 2. The van der Waals surface area contributed by atoms with Crippen LogP contribution in [0.25, 0.3) is 0 Å². The number of amides is 2. The third-order valence-electron chi connectivity index (χ3n) is 2.33. The number of halogens is 2. The summed E-state index contributed by atoms with van der Waals surface area (Å²) in [7, 11) is 0. The Kier molecular flexibility index (Phi) is 3.23. The van der Waals surface area contributed by atoms with Crippen molar-refractivity contribution < 1.29 is 18.4 Å². The van der Waals surface area contributed by atoms with Crippen molar-refractivity contribution in [1.29, 1.82) is 0 Å². The van der Waals surface area contributed by atoms with Gasteiger partial charge in [-0.15, -0.1) is 0 Å². The van der Waals surface area contributed by atoms with Crippen LogP contribution < -0.4 is 11.1 Å². The van der Waals surface area contributed by atoms with Gasteiger partial charge in [0.25, 0.3) is 11.8 Å². The summed E-state index contributed by atoms with van der Waals surface area (Å²) < 4.78 is 26.7. The number of nitrogens with two attached hydrogens (primary N) is 1. The van der Waals surface area contributed by atoms with Crippen LogP contribution in [0.2, 0.25) is 0 Å². The molecule has 0 atom stereocenters. The summed E-state index contributed by atoms with van der Waals surface area (Å²) in [6.07, 6.45) is 2.53. The number of carbonyl (C=O) groups is 2. The van der Waals surface area contributed by atoms with Crippen LogP contribution in [0.15, 0.2) is 24.5 Å². The van der Waals surface area contributed by atoms with E-state index in [-0.39, 0.29) is 11.3 Å². The van der Waals surface area contributed by atoms with Crippen LogP contribution in [0.5, 0.6) is 0 Å². The Labute approximate surface area is 105 Å². The molecule has 0 unspecified atom stereocenters. The molecule has 6 nitrogen and oxygen atoms in total. The molecular formula is C11H8F2N4O2. The summed E-state index contributed by atoms with van der Waals surface area (Å²) in [6, 6.07) is 1.32. The quantitative estimate of drug-likeness (QED) is 0.773. The minimum Gasteiger partial charge on any atom is -0.366 e. The van der Waals surface area contributed by atoms with Crippen LogP contribution in [0.1, 0.15) is 20.7 Å². The number of aromatic amines is 1. The van der Waals surface area contributed by atoms with E-state index >= 15 is 0 Å². The summed E-state index contributed by atoms with van der Waals surface area (Å²) in [4.78, 5) is 22.6. The Balaban J connectivity index is 2.32. The molecule has 0 saturated carbocycles. The van der Waals surface area contributed by atoms with Crippen LogP contribution >= 0.6 is 0 Å². The Bertz CT molecular complexity index is 640.